The molecule has 3 rings (SSSR count). The summed E-state index contributed by atoms with van der Waals surface area (Å²) in [5.74, 6) is 0.0273. The Kier molecular flexibility index (Phi) is 5.40. The van der Waals surface area contributed by atoms with E-state index in [9.17, 15) is 9.18 Å². The largest absolute Gasteiger partial charge is 0.487 e. The molecule has 0 aliphatic heterocycles. The summed E-state index contributed by atoms with van der Waals surface area (Å²) >= 11 is 0. The number of benzene rings is 1. The average Bonchev–Trinajstić information content (AvgIpc) is 3.01. The molecule has 2 aromatic rings. The fourth-order valence-corrected chi connectivity index (χ4v) is 2.86. The molecule has 1 aliphatic rings. The first-order valence-electron chi connectivity index (χ1n) is 8.26. The lowest BCUT2D eigenvalue weighted by molar-refractivity contribution is -0.122. The van der Waals surface area contributed by atoms with Crippen molar-refractivity contribution in [3.63, 3.8) is 0 Å². The van der Waals surface area contributed by atoms with Crippen LogP contribution in [0.2, 0.25) is 0 Å². The molecule has 0 bridgehead atoms. The first-order chi connectivity index (χ1) is 11.7. The van der Waals surface area contributed by atoms with Crippen molar-refractivity contribution < 1.29 is 13.9 Å². The molecule has 24 heavy (non-hydrogen) atoms. The van der Waals surface area contributed by atoms with Crippen LogP contribution in [-0.4, -0.2) is 26.9 Å². The Balaban J connectivity index is 1.47. The molecule has 128 valence electrons. The lowest BCUT2D eigenvalue weighted by Gasteiger charge is -2.22. The Bertz CT molecular complexity index is 683. The highest BCUT2D eigenvalue weighted by molar-refractivity contribution is 5.75. The van der Waals surface area contributed by atoms with Crippen LogP contribution < -0.4 is 10.1 Å². The van der Waals surface area contributed by atoms with E-state index in [4.69, 9.17) is 4.74 Å². The van der Waals surface area contributed by atoms with Gasteiger partial charge in [0.25, 0.3) is 0 Å². The molecule has 1 fully saturated rings. The minimum absolute atomic E-state index is 0.0515. The van der Waals surface area contributed by atoms with Crippen molar-refractivity contribution in [1.82, 2.24) is 20.3 Å². The van der Waals surface area contributed by atoms with E-state index in [1.807, 2.05) is 0 Å². The fraction of sp³-hybridized carbons (Fsp3) is 0.471. The molecule has 6 nitrogen and oxygen atoms in total. The quantitative estimate of drug-likeness (QED) is 0.882. The van der Waals surface area contributed by atoms with Crippen LogP contribution in [0.5, 0.6) is 5.75 Å². The SMILES string of the molecule is O=C(Cn1cc(COc2cccc(F)c2)nn1)NC1CCCCC1. The number of nitrogens with one attached hydrogen (secondary N) is 1. The number of amides is 1. The maximum absolute atomic E-state index is 13.1. The van der Waals surface area contributed by atoms with Crippen molar-refractivity contribution in [2.75, 3.05) is 0 Å². The first kappa shape index (κ1) is 16.4. The zero-order chi connectivity index (χ0) is 16.8. The number of carbonyl (C=O) groups is 1. The summed E-state index contributed by atoms with van der Waals surface area (Å²) in [5.41, 5.74) is 0.588. The molecule has 0 atom stereocenters. The zero-order valence-corrected chi connectivity index (χ0v) is 13.4. The van der Waals surface area contributed by atoms with Crippen LogP contribution in [0.25, 0.3) is 0 Å². The summed E-state index contributed by atoms with van der Waals surface area (Å²) in [6, 6.07) is 6.20. The lowest BCUT2D eigenvalue weighted by atomic mass is 9.95. The summed E-state index contributed by atoms with van der Waals surface area (Å²) in [7, 11) is 0. The molecule has 1 saturated carbocycles. The number of carbonyl (C=O) groups excluding carboxylic acids is 1. The van der Waals surface area contributed by atoms with Gasteiger partial charge in [-0.1, -0.05) is 30.5 Å². The van der Waals surface area contributed by atoms with Gasteiger partial charge in [-0.25, -0.2) is 9.07 Å². The van der Waals surface area contributed by atoms with Gasteiger partial charge in [-0.15, -0.1) is 5.10 Å². The standard InChI is InChI=1S/C17H21FN4O2/c18-13-5-4-8-16(9-13)24-12-15-10-22(21-20-15)11-17(23)19-14-6-2-1-3-7-14/h4-5,8-10,14H,1-3,6-7,11-12H2,(H,19,23). The average molecular weight is 332 g/mol. The molecule has 0 unspecified atom stereocenters. The van der Waals surface area contributed by atoms with E-state index in [1.54, 1.807) is 18.3 Å². The van der Waals surface area contributed by atoms with Gasteiger partial charge in [0.1, 0.15) is 30.4 Å². The monoisotopic (exact) mass is 332 g/mol. The summed E-state index contributed by atoms with van der Waals surface area (Å²) in [5, 5.41) is 10.9. The first-order valence-corrected chi connectivity index (χ1v) is 8.26. The highest BCUT2D eigenvalue weighted by Gasteiger charge is 2.16. The second-order valence-corrected chi connectivity index (χ2v) is 6.06. The van der Waals surface area contributed by atoms with Crippen molar-refractivity contribution in [3.8, 4) is 5.75 Å². The molecule has 1 amide bonds. The van der Waals surface area contributed by atoms with E-state index >= 15 is 0 Å². The lowest BCUT2D eigenvalue weighted by Crippen LogP contribution is -2.38. The van der Waals surface area contributed by atoms with Crippen LogP contribution in [-0.2, 0) is 17.9 Å². The molecular weight excluding hydrogens is 311 g/mol. The van der Waals surface area contributed by atoms with Crippen LogP contribution in [0.1, 0.15) is 37.8 Å². The van der Waals surface area contributed by atoms with Crippen molar-refractivity contribution in [2.45, 2.75) is 51.3 Å². The van der Waals surface area contributed by atoms with Crippen molar-refractivity contribution >= 4 is 5.91 Å². The number of aromatic nitrogens is 3. The van der Waals surface area contributed by atoms with E-state index in [0.717, 1.165) is 12.8 Å². The molecule has 7 heteroatoms. The normalized spacial score (nSPS) is 15.2. The number of rotatable bonds is 6. The van der Waals surface area contributed by atoms with Gasteiger partial charge in [0.15, 0.2) is 0 Å². The number of ether oxygens (including phenoxy) is 1. The minimum atomic E-state index is -0.351. The predicted molar refractivity (Wildman–Crippen MR) is 85.8 cm³/mol. The Hall–Kier alpha value is -2.44. The van der Waals surface area contributed by atoms with Crippen LogP contribution >= 0.6 is 0 Å². The van der Waals surface area contributed by atoms with Gasteiger partial charge in [0.2, 0.25) is 5.91 Å². The van der Waals surface area contributed by atoms with Gasteiger partial charge in [0.05, 0.1) is 6.20 Å². The topological polar surface area (TPSA) is 69.0 Å². The molecule has 1 heterocycles. The molecular formula is C17H21FN4O2. The molecule has 0 radical (unpaired) electrons. The maximum atomic E-state index is 13.1. The summed E-state index contributed by atoms with van der Waals surface area (Å²) in [6.07, 6.45) is 7.38. The summed E-state index contributed by atoms with van der Waals surface area (Å²) in [4.78, 5) is 12.0. The van der Waals surface area contributed by atoms with Crippen LogP contribution in [0.3, 0.4) is 0 Å². The number of hydrogen-bond acceptors (Lipinski definition) is 4. The van der Waals surface area contributed by atoms with Crippen LogP contribution in [0.4, 0.5) is 4.39 Å². The van der Waals surface area contributed by atoms with E-state index in [0.29, 0.717) is 11.4 Å². The zero-order valence-electron chi connectivity index (χ0n) is 13.4. The molecule has 0 spiro atoms. The summed E-state index contributed by atoms with van der Waals surface area (Å²) in [6.45, 7) is 0.317. The molecule has 1 aliphatic carbocycles. The van der Waals surface area contributed by atoms with E-state index < -0.39 is 0 Å². The maximum Gasteiger partial charge on any atom is 0.242 e. The van der Waals surface area contributed by atoms with Gasteiger partial charge in [-0.3, -0.25) is 4.79 Å². The van der Waals surface area contributed by atoms with Crippen molar-refractivity contribution in [2.24, 2.45) is 0 Å². The molecule has 0 saturated heterocycles. The van der Waals surface area contributed by atoms with Crippen LogP contribution in [0.15, 0.2) is 30.5 Å². The second kappa shape index (κ2) is 7.90. The molecule has 1 aromatic heterocycles. The second-order valence-electron chi connectivity index (χ2n) is 6.06. The highest BCUT2D eigenvalue weighted by Crippen LogP contribution is 2.17. The predicted octanol–water partition coefficient (Wildman–Crippen LogP) is 2.45. The Labute approximate surface area is 140 Å². The van der Waals surface area contributed by atoms with Gasteiger partial charge < -0.3 is 10.1 Å². The van der Waals surface area contributed by atoms with E-state index in [2.05, 4.69) is 15.6 Å². The van der Waals surface area contributed by atoms with E-state index in [-0.39, 0.29) is 30.9 Å². The highest BCUT2D eigenvalue weighted by atomic mass is 19.1. The Morgan fingerprint density at radius 2 is 2.17 bits per heavy atom. The molecule has 1 N–H and O–H groups in total. The van der Waals surface area contributed by atoms with Gasteiger partial charge in [0, 0.05) is 12.1 Å². The third kappa shape index (κ3) is 4.78. The van der Waals surface area contributed by atoms with Crippen molar-refractivity contribution in [3.05, 3.63) is 42.0 Å². The third-order valence-electron chi connectivity index (χ3n) is 4.04. The van der Waals surface area contributed by atoms with Gasteiger partial charge in [-0.05, 0) is 25.0 Å². The number of hydrogen-bond donors (Lipinski definition) is 1. The number of nitrogens with zero attached hydrogens (tertiary/aromatic N) is 3. The van der Waals surface area contributed by atoms with Crippen LogP contribution in [0, 0.1) is 5.82 Å². The molecule has 1 aromatic carbocycles. The van der Waals surface area contributed by atoms with Gasteiger partial charge >= 0.3 is 0 Å². The smallest absolute Gasteiger partial charge is 0.242 e. The van der Waals surface area contributed by atoms with Gasteiger partial charge in [-0.2, -0.15) is 0 Å². The Morgan fingerprint density at radius 3 is 2.96 bits per heavy atom. The fourth-order valence-electron chi connectivity index (χ4n) is 2.86. The van der Waals surface area contributed by atoms with Crippen molar-refractivity contribution in [1.29, 1.82) is 0 Å². The third-order valence-corrected chi connectivity index (χ3v) is 4.04. The summed E-state index contributed by atoms with van der Waals surface area (Å²) < 4.78 is 20.0. The van der Waals surface area contributed by atoms with E-state index in [1.165, 1.54) is 36.1 Å². The number of halogens is 1. The Morgan fingerprint density at radius 1 is 1.33 bits per heavy atom. The minimum Gasteiger partial charge on any atom is -0.487 e.